The predicted molar refractivity (Wildman–Crippen MR) is 83.7 cm³/mol. The molecular formula is C14H20ClN3O2S. The largest absolute Gasteiger partial charge is 0.388 e. The molecule has 0 spiro atoms. The summed E-state index contributed by atoms with van der Waals surface area (Å²) < 4.78 is 0. The summed E-state index contributed by atoms with van der Waals surface area (Å²) in [5.41, 5.74) is -0.668. The van der Waals surface area contributed by atoms with E-state index in [1.807, 2.05) is 6.26 Å². The molecule has 2 rings (SSSR count). The van der Waals surface area contributed by atoms with Gasteiger partial charge in [-0.2, -0.15) is 0 Å². The van der Waals surface area contributed by atoms with E-state index in [0.717, 1.165) is 12.8 Å². The van der Waals surface area contributed by atoms with Crippen molar-refractivity contribution < 1.29 is 9.90 Å². The van der Waals surface area contributed by atoms with Crippen molar-refractivity contribution in [3.8, 4) is 0 Å². The lowest BCUT2D eigenvalue weighted by atomic mass is 9.79. The van der Waals surface area contributed by atoms with Gasteiger partial charge >= 0.3 is 0 Å². The lowest BCUT2D eigenvalue weighted by Crippen LogP contribution is -2.46. The van der Waals surface area contributed by atoms with Crippen molar-refractivity contribution in [2.45, 2.75) is 43.4 Å². The quantitative estimate of drug-likeness (QED) is 0.656. The lowest BCUT2D eigenvalue weighted by Gasteiger charge is -2.35. The molecule has 0 aliphatic heterocycles. The van der Waals surface area contributed by atoms with E-state index in [1.54, 1.807) is 0 Å². The zero-order valence-electron chi connectivity index (χ0n) is 12.2. The number of aliphatic hydroxyl groups is 1. The van der Waals surface area contributed by atoms with E-state index in [0.29, 0.717) is 23.9 Å². The molecule has 1 aliphatic carbocycles. The fourth-order valence-electron chi connectivity index (χ4n) is 2.73. The molecule has 116 valence electrons. The summed E-state index contributed by atoms with van der Waals surface area (Å²) in [6.45, 7) is 2.35. The van der Waals surface area contributed by atoms with E-state index in [1.165, 1.54) is 18.0 Å². The Morgan fingerprint density at radius 1 is 1.67 bits per heavy atom. The molecule has 0 saturated heterocycles. The molecule has 0 radical (unpaired) electrons. The van der Waals surface area contributed by atoms with Crippen LogP contribution in [0, 0.1) is 5.92 Å². The van der Waals surface area contributed by atoms with E-state index in [2.05, 4.69) is 22.2 Å². The third kappa shape index (κ3) is 4.31. The number of aromatic nitrogens is 2. The first kappa shape index (κ1) is 16.5. The van der Waals surface area contributed by atoms with Crippen LogP contribution < -0.4 is 5.32 Å². The summed E-state index contributed by atoms with van der Waals surface area (Å²) in [4.78, 5) is 20.3. The van der Waals surface area contributed by atoms with Gasteiger partial charge in [0.25, 0.3) is 5.91 Å². The first-order valence-electron chi connectivity index (χ1n) is 7.00. The topological polar surface area (TPSA) is 75.1 Å². The number of amides is 1. The molecule has 7 heteroatoms. The molecule has 1 saturated carbocycles. The van der Waals surface area contributed by atoms with E-state index in [-0.39, 0.29) is 23.2 Å². The molecule has 1 aliphatic rings. The molecular weight excluding hydrogens is 310 g/mol. The minimum atomic E-state index is -0.824. The SMILES string of the molecule is CSc1ncc(Cl)c(C(=O)NCC2(O)CCCC(C)C2)n1. The van der Waals surface area contributed by atoms with Gasteiger partial charge in [0.15, 0.2) is 10.9 Å². The molecule has 2 unspecified atom stereocenters. The molecule has 2 N–H and O–H groups in total. The Balaban J connectivity index is 2.01. The second kappa shape index (κ2) is 6.94. The Labute approximate surface area is 133 Å². The predicted octanol–water partition coefficient (Wildman–Crippen LogP) is 2.52. The van der Waals surface area contributed by atoms with Crippen LogP contribution in [0.5, 0.6) is 0 Å². The first-order valence-corrected chi connectivity index (χ1v) is 8.61. The van der Waals surface area contributed by atoms with Crippen molar-refractivity contribution in [1.29, 1.82) is 0 Å². The van der Waals surface area contributed by atoms with Crippen molar-refractivity contribution in [2.24, 2.45) is 5.92 Å². The fraction of sp³-hybridized carbons (Fsp3) is 0.643. The second-order valence-corrected chi connectivity index (χ2v) is 6.84. The molecule has 0 bridgehead atoms. The molecule has 1 fully saturated rings. The number of carbonyl (C=O) groups excluding carboxylic acids is 1. The maximum atomic E-state index is 12.2. The number of halogens is 1. The zero-order valence-corrected chi connectivity index (χ0v) is 13.8. The third-order valence-electron chi connectivity index (χ3n) is 3.77. The molecule has 0 aromatic carbocycles. The van der Waals surface area contributed by atoms with Gasteiger partial charge in [-0.25, -0.2) is 9.97 Å². The minimum Gasteiger partial charge on any atom is -0.388 e. The number of nitrogens with zero attached hydrogens (tertiary/aromatic N) is 2. The van der Waals surface area contributed by atoms with E-state index in [4.69, 9.17) is 11.6 Å². The highest BCUT2D eigenvalue weighted by atomic mass is 35.5. The van der Waals surface area contributed by atoms with Gasteiger partial charge in [0.1, 0.15) is 0 Å². The van der Waals surface area contributed by atoms with Crippen molar-refractivity contribution in [3.63, 3.8) is 0 Å². The summed E-state index contributed by atoms with van der Waals surface area (Å²) in [5.74, 6) is 0.107. The van der Waals surface area contributed by atoms with Crippen LogP contribution in [0.4, 0.5) is 0 Å². The lowest BCUT2D eigenvalue weighted by molar-refractivity contribution is -0.0109. The molecule has 1 amide bonds. The van der Waals surface area contributed by atoms with E-state index in [9.17, 15) is 9.90 Å². The van der Waals surface area contributed by atoms with Crippen LogP contribution in [-0.2, 0) is 0 Å². The van der Waals surface area contributed by atoms with Gasteiger partial charge < -0.3 is 10.4 Å². The zero-order chi connectivity index (χ0) is 15.5. The standard InChI is InChI=1S/C14H20ClN3O2S/c1-9-4-3-5-14(20,6-9)8-17-12(19)11-10(15)7-16-13(18-11)21-2/h7,9,20H,3-6,8H2,1-2H3,(H,17,19). The normalized spacial score (nSPS) is 25.6. The number of nitrogens with one attached hydrogen (secondary N) is 1. The minimum absolute atomic E-state index is 0.156. The number of hydrogen-bond donors (Lipinski definition) is 2. The van der Waals surface area contributed by atoms with Crippen LogP contribution in [0.15, 0.2) is 11.4 Å². The highest BCUT2D eigenvalue weighted by Gasteiger charge is 2.33. The fourth-order valence-corrected chi connectivity index (χ4v) is 3.25. The third-order valence-corrected chi connectivity index (χ3v) is 4.60. The number of thioether (sulfide) groups is 1. The monoisotopic (exact) mass is 329 g/mol. The molecule has 5 nitrogen and oxygen atoms in total. The molecule has 1 aromatic rings. The van der Waals surface area contributed by atoms with Crippen molar-refractivity contribution in [3.05, 3.63) is 16.9 Å². The first-order chi connectivity index (χ1) is 9.93. The highest BCUT2D eigenvalue weighted by molar-refractivity contribution is 7.98. The average Bonchev–Trinajstić information content (AvgIpc) is 2.45. The van der Waals surface area contributed by atoms with E-state index >= 15 is 0 Å². The molecule has 1 heterocycles. The van der Waals surface area contributed by atoms with Crippen molar-refractivity contribution in [2.75, 3.05) is 12.8 Å². The maximum Gasteiger partial charge on any atom is 0.271 e. The summed E-state index contributed by atoms with van der Waals surface area (Å²) in [7, 11) is 0. The summed E-state index contributed by atoms with van der Waals surface area (Å²) in [6.07, 6.45) is 6.79. The smallest absolute Gasteiger partial charge is 0.271 e. The van der Waals surface area contributed by atoms with Gasteiger partial charge in [-0.1, -0.05) is 43.1 Å². The number of carbonyl (C=O) groups is 1. The Bertz CT molecular complexity index is 529. The molecule has 1 aromatic heterocycles. The van der Waals surface area contributed by atoms with Crippen LogP contribution in [0.1, 0.15) is 43.1 Å². The van der Waals surface area contributed by atoms with Gasteiger partial charge in [-0.3, -0.25) is 4.79 Å². The van der Waals surface area contributed by atoms with Crippen LogP contribution in [-0.4, -0.2) is 39.4 Å². The van der Waals surface area contributed by atoms with Crippen LogP contribution >= 0.6 is 23.4 Å². The molecule has 21 heavy (non-hydrogen) atoms. The maximum absolute atomic E-state index is 12.2. The Morgan fingerprint density at radius 3 is 3.10 bits per heavy atom. The van der Waals surface area contributed by atoms with Crippen molar-refractivity contribution >= 4 is 29.3 Å². The van der Waals surface area contributed by atoms with Crippen molar-refractivity contribution in [1.82, 2.24) is 15.3 Å². The van der Waals surface area contributed by atoms with Crippen LogP contribution in [0.2, 0.25) is 5.02 Å². The van der Waals surface area contributed by atoms with Gasteiger partial charge in [0.05, 0.1) is 16.8 Å². The van der Waals surface area contributed by atoms with E-state index < -0.39 is 5.60 Å². The van der Waals surface area contributed by atoms with Gasteiger partial charge in [0.2, 0.25) is 0 Å². The molecule has 2 atom stereocenters. The van der Waals surface area contributed by atoms with Gasteiger partial charge in [-0.15, -0.1) is 0 Å². The Morgan fingerprint density at radius 2 is 2.43 bits per heavy atom. The summed E-state index contributed by atoms with van der Waals surface area (Å²) >= 11 is 7.31. The number of rotatable bonds is 4. The average molecular weight is 330 g/mol. The summed E-state index contributed by atoms with van der Waals surface area (Å²) in [5, 5.41) is 14.0. The van der Waals surface area contributed by atoms with Crippen LogP contribution in [0.25, 0.3) is 0 Å². The highest BCUT2D eigenvalue weighted by Crippen LogP contribution is 2.31. The summed E-state index contributed by atoms with van der Waals surface area (Å²) in [6, 6.07) is 0. The van der Waals surface area contributed by atoms with Gasteiger partial charge in [-0.05, 0) is 25.0 Å². The Kier molecular flexibility index (Phi) is 5.46. The number of hydrogen-bond acceptors (Lipinski definition) is 5. The van der Waals surface area contributed by atoms with Gasteiger partial charge in [0, 0.05) is 6.54 Å². The second-order valence-electron chi connectivity index (χ2n) is 5.66. The Hall–Kier alpha value is -0.850. The van der Waals surface area contributed by atoms with Crippen LogP contribution in [0.3, 0.4) is 0 Å².